The zero-order valence-corrected chi connectivity index (χ0v) is 12.0. The second-order valence-corrected chi connectivity index (χ2v) is 5.59. The van der Waals surface area contributed by atoms with Crippen LogP contribution in [0.3, 0.4) is 0 Å². The molecule has 4 nitrogen and oxygen atoms in total. The van der Waals surface area contributed by atoms with Gasteiger partial charge in [0.15, 0.2) is 0 Å². The molecule has 0 N–H and O–H groups in total. The van der Waals surface area contributed by atoms with Gasteiger partial charge in [-0.05, 0) is 46.8 Å². The van der Waals surface area contributed by atoms with Crippen LogP contribution in [0.5, 0.6) is 5.75 Å². The average molecular weight is 264 g/mol. The van der Waals surface area contributed by atoms with E-state index in [0.717, 1.165) is 0 Å². The molecular weight excluding hydrogens is 244 g/mol. The minimum Gasteiger partial charge on any atom is -0.490 e. The molecule has 0 amide bonds. The number of esters is 2. The highest BCUT2D eigenvalue weighted by Gasteiger charge is 2.27. The van der Waals surface area contributed by atoms with Gasteiger partial charge in [0, 0.05) is 0 Å². The van der Waals surface area contributed by atoms with Gasteiger partial charge in [0.1, 0.15) is 11.3 Å². The molecular formula is C15H20O4. The molecule has 1 aromatic carbocycles. The van der Waals surface area contributed by atoms with Crippen LogP contribution in [0.1, 0.15) is 45.0 Å². The lowest BCUT2D eigenvalue weighted by atomic mass is 9.97. The fourth-order valence-electron chi connectivity index (χ4n) is 1.28. The standard InChI is InChI=1S/C15H20O4/c1-10(2)18-12-9-7-6-8-11(12)13(16)19-14(17)15(3,4)5/h6-10H,1-5H3. The normalized spacial score (nSPS) is 11.3. The highest BCUT2D eigenvalue weighted by atomic mass is 16.6. The highest BCUT2D eigenvalue weighted by molar-refractivity contribution is 5.99. The van der Waals surface area contributed by atoms with Crippen molar-refractivity contribution in [1.82, 2.24) is 0 Å². The first-order chi connectivity index (χ1) is 8.71. The Balaban J connectivity index is 2.91. The van der Waals surface area contributed by atoms with Gasteiger partial charge < -0.3 is 9.47 Å². The largest absolute Gasteiger partial charge is 0.490 e. The van der Waals surface area contributed by atoms with E-state index in [0.29, 0.717) is 5.75 Å². The van der Waals surface area contributed by atoms with Gasteiger partial charge in [0.25, 0.3) is 0 Å². The summed E-state index contributed by atoms with van der Waals surface area (Å²) < 4.78 is 10.4. The Morgan fingerprint density at radius 2 is 1.68 bits per heavy atom. The summed E-state index contributed by atoms with van der Waals surface area (Å²) in [6, 6.07) is 6.72. The van der Waals surface area contributed by atoms with Crippen LogP contribution in [0.15, 0.2) is 24.3 Å². The van der Waals surface area contributed by atoms with E-state index in [9.17, 15) is 9.59 Å². The third kappa shape index (κ3) is 4.39. The molecule has 0 heterocycles. The molecule has 104 valence electrons. The Hall–Kier alpha value is -1.84. The molecule has 0 saturated carbocycles. The van der Waals surface area contributed by atoms with Crippen LogP contribution < -0.4 is 4.74 Å². The number of hydrogen-bond acceptors (Lipinski definition) is 4. The summed E-state index contributed by atoms with van der Waals surface area (Å²) in [5.74, 6) is -0.822. The molecule has 0 spiro atoms. The van der Waals surface area contributed by atoms with E-state index in [-0.39, 0.29) is 11.7 Å². The lowest BCUT2D eigenvalue weighted by Crippen LogP contribution is -2.26. The zero-order chi connectivity index (χ0) is 14.6. The van der Waals surface area contributed by atoms with Gasteiger partial charge in [0.05, 0.1) is 11.5 Å². The van der Waals surface area contributed by atoms with Crippen LogP contribution in [0, 0.1) is 5.41 Å². The van der Waals surface area contributed by atoms with Crippen LogP contribution in [-0.2, 0) is 9.53 Å². The zero-order valence-electron chi connectivity index (χ0n) is 12.0. The maximum absolute atomic E-state index is 12.0. The molecule has 0 saturated heterocycles. The molecule has 1 rings (SSSR count). The van der Waals surface area contributed by atoms with E-state index in [2.05, 4.69) is 0 Å². The SMILES string of the molecule is CC(C)Oc1ccccc1C(=O)OC(=O)C(C)(C)C. The first-order valence-electron chi connectivity index (χ1n) is 6.24. The van der Waals surface area contributed by atoms with E-state index in [4.69, 9.17) is 9.47 Å². The van der Waals surface area contributed by atoms with Crippen LogP contribution in [0.2, 0.25) is 0 Å². The van der Waals surface area contributed by atoms with Gasteiger partial charge >= 0.3 is 11.9 Å². The predicted molar refractivity (Wildman–Crippen MR) is 72.1 cm³/mol. The monoisotopic (exact) mass is 264 g/mol. The van der Waals surface area contributed by atoms with Crippen molar-refractivity contribution in [2.45, 2.75) is 40.7 Å². The van der Waals surface area contributed by atoms with Crippen LogP contribution in [0.25, 0.3) is 0 Å². The lowest BCUT2D eigenvalue weighted by molar-refractivity contribution is -0.146. The lowest BCUT2D eigenvalue weighted by Gasteiger charge is -2.17. The number of hydrogen-bond donors (Lipinski definition) is 0. The summed E-state index contributed by atoms with van der Waals surface area (Å²) in [6.07, 6.45) is -0.0627. The van der Waals surface area contributed by atoms with Crippen molar-refractivity contribution in [3.63, 3.8) is 0 Å². The molecule has 1 aromatic rings. The van der Waals surface area contributed by atoms with Crippen molar-refractivity contribution < 1.29 is 19.1 Å². The Bertz CT molecular complexity index is 469. The first-order valence-corrected chi connectivity index (χ1v) is 6.24. The number of para-hydroxylation sites is 1. The fourth-order valence-corrected chi connectivity index (χ4v) is 1.28. The van der Waals surface area contributed by atoms with E-state index >= 15 is 0 Å². The van der Waals surface area contributed by atoms with E-state index in [1.807, 2.05) is 13.8 Å². The van der Waals surface area contributed by atoms with Crippen LogP contribution in [-0.4, -0.2) is 18.0 Å². The number of carbonyl (C=O) groups excluding carboxylic acids is 2. The molecule has 0 radical (unpaired) electrons. The van der Waals surface area contributed by atoms with Crippen molar-refractivity contribution in [3.8, 4) is 5.75 Å². The summed E-state index contributed by atoms with van der Waals surface area (Å²) in [7, 11) is 0. The van der Waals surface area contributed by atoms with Crippen LogP contribution >= 0.6 is 0 Å². The van der Waals surface area contributed by atoms with E-state index in [1.165, 1.54) is 0 Å². The average Bonchev–Trinajstić information content (AvgIpc) is 2.27. The van der Waals surface area contributed by atoms with Gasteiger partial charge in [-0.25, -0.2) is 4.79 Å². The highest BCUT2D eigenvalue weighted by Crippen LogP contribution is 2.22. The summed E-state index contributed by atoms with van der Waals surface area (Å²) in [4.78, 5) is 23.7. The topological polar surface area (TPSA) is 52.6 Å². The minimum atomic E-state index is -0.719. The van der Waals surface area contributed by atoms with Crippen molar-refractivity contribution in [2.75, 3.05) is 0 Å². The Morgan fingerprint density at radius 3 is 2.21 bits per heavy atom. The van der Waals surface area contributed by atoms with Gasteiger partial charge in [-0.15, -0.1) is 0 Å². The first kappa shape index (κ1) is 15.2. The van der Waals surface area contributed by atoms with Crippen molar-refractivity contribution in [2.24, 2.45) is 5.41 Å². The Labute approximate surface area is 113 Å². The van der Waals surface area contributed by atoms with E-state index in [1.54, 1.807) is 45.0 Å². The number of benzene rings is 1. The van der Waals surface area contributed by atoms with Crippen molar-refractivity contribution in [3.05, 3.63) is 29.8 Å². The molecule has 0 atom stereocenters. The Kier molecular flexibility index (Phi) is 4.70. The second-order valence-electron chi connectivity index (χ2n) is 5.59. The number of rotatable bonds is 3. The molecule has 0 bridgehead atoms. The maximum Gasteiger partial charge on any atom is 0.349 e. The maximum atomic E-state index is 12.0. The van der Waals surface area contributed by atoms with Crippen molar-refractivity contribution in [1.29, 1.82) is 0 Å². The molecule has 19 heavy (non-hydrogen) atoms. The Morgan fingerprint density at radius 1 is 1.11 bits per heavy atom. The minimum absolute atomic E-state index is 0.0627. The summed E-state index contributed by atoms with van der Waals surface area (Å²) in [6.45, 7) is 8.81. The van der Waals surface area contributed by atoms with Crippen molar-refractivity contribution >= 4 is 11.9 Å². The number of ether oxygens (including phenoxy) is 2. The molecule has 0 aromatic heterocycles. The van der Waals surface area contributed by atoms with Gasteiger partial charge in [0.2, 0.25) is 0 Å². The second kappa shape index (κ2) is 5.87. The molecule has 0 aliphatic heterocycles. The van der Waals surface area contributed by atoms with Crippen LogP contribution in [0.4, 0.5) is 0 Å². The summed E-state index contributed by atoms with van der Waals surface area (Å²) >= 11 is 0. The molecule has 0 aliphatic carbocycles. The summed E-state index contributed by atoms with van der Waals surface area (Å²) in [5.41, 5.74) is -0.461. The molecule has 0 aliphatic rings. The molecule has 0 unspecified atom stereocenters. The number of carbonyl (C=O) groups is 2. The predicted octanol–water partition coefficient (Wildman–Crippen LogP) is 3.20. The van der Waals surface area contributed by atoms with Gasteiger partial charge in [-0.1, -0.05) is 12.1 Å². The third-order valence-corrected chi connectivity index (χ3v) is 2.27. The molecule has 4 heteroatoms. The van der Waals surface area contributed by atoms with Gasteiger partial charge in [-0.3, -0.25) is 4.79 Å². The molecule has 0 fully saturated rings. The van der Waals surface area contributed by atoms with Gasteiger partial charge in [-0.2, -0.15) is 0 Å². The third-order valence-electron chi connectivity index (χ3n) is 2.27. The van der Waals surface area contributed by atoms with E-state index < -0.39 is 17.4 Å². The fraction of sp³-hybridized carbons (Fsp3) is 0.467. The smallest absolute Gasteiger partial charge is 0.349 e. The quantitative estimate of drug-likeness (QED) is 0.621. The summed E-state index contributed by atoms with van der Waals surface area (Å²) in [5, 5.41) is 0.